The molecule has 0 radical (unpaired) electrons. The first-order chi connectivity index (χ1) is 8.06. The molecule has 0 aliphatic carbocycles. The number of hydrogen-bond acceptors (Lipinski definition) is 2. The van der Waals surface area contributed by atoms with Gasteiger partial charge in [0, 0.05) is 20.8 Å². The van der Waals surface area contributed by atoms with Crippen molar-refractivity contribution >= 4 is 44.6 Å². The second kappa shape index (κ2) is 5.42. The van der Waals surface area contributed by atoms with Crippen LogP contribution in [0.3, 0.4) is 0 Å². The summed E-state index contributed by atoms with van der Waals surface area (Å²) in [4.78, 5) is 2.71. The summed E-state index contributed by atoms with van der Waals surface area (Å²) < 4.78 is 0.996. The summed E-state index contributed by atoms with van der Waals surface area (Å²) in [6, 6.07) is 8.09. The Kier molecular flexibility index (Phi) is 4.13. The number of halogens is 2. The third-order valence-electron chi connectivity index (χ3n) is 2.54. The minimum atomic E-state index is 0.740. The number of thiophene rings is 1. The van der Waals surface area contributed by atoms with Gasteiger partial charge in [-0.25, -0.2) is 0 Å². The molecule has 2 aromatic rings. The maximum atomic E-state index is 6.15. The lowest BCUT2D eigenvalue weighted by Crippen LogP contribution is -1.99. The Bertz CT molecular complexity index is 536. The van der Waals surface area contributed by atoms with E-state index in [0.717, 1.165) is 21.7 Å². The van der Waals surface area contributed by atoms with Gasteiger partial charge in [-0.1, -0.05) is 27.5 Å². The van der Waals surface area contributed by atoms with Gasteiger partial charge in [0.25, 0.3) is 0 Å². The Balaban J connectivity index is 2.10. The van der Waals surface area contributed by atoms with Gasteiger partial charge in [-0.3, -0.25) is 0 Å². The zero-order valence-electron chi connectivity index (χ0n) is 9.68. The van der Waals surface area contributed by atoms with Crippen molar-refractivity contribution in [3.8, 4) is 0 Å². The topological polar surface area (TPSA) is 12.0 Å². The molecule has 0 saturated carbocycles. The van der Waals surface area contributed by atoms with E-state index in [9.17, 15) is 0 Å². The molecule has 0 unspecified atom stereocenters. The van der Waals surface area contributed by atoms with E-state index in [1.54, 1.807) is 0 Å². The fourth-order valence-electron chi connectivity index (χ4n) is 1.68. The highest BCUT2D eigenvalue weighted by Crippen LogP contribution is 2.27. The van der Waals surface area contributed by atoms with E-state index in [-0.39, 0.29) is 0 Å². The molecule has 0 amide bonds. The minimum absolute atomic E-state index is 0.740. The third kappa shape index (κ3) is 3.24. The zero-order chi connectivity index (χ0) is 12.4. The lowest BCUT2D eigenvalue weighted by Gasteiger charge is -2.08. The first-order valence-corrected chi connectivity index (χ1v) is 7.30. The van der Waals surface area contributed by atoms with E-state index in [2.05, 4.69) is 41.2 Å². The summed E-state index contributed by atoms with van der Waals surface area (Å²) in [7, 11) is 0. The van der Waals surface area contributed by atoms with Crippen LogP contribution in [0.1, 0.15) is 15.3 Å². The van der Waals surface area contributed by atoms with Gasteiger partial charge in [0.05, 0.1) is 10.7 Å². The van der Waals surface area contributed by atoms with Crippen LogP contribution in [0.15, 0.2) is 28.7 Å². The predicted molar refractivity (Wildman–Crippen MR) is 80.3 cm³/mol. The second-order valence-electron chi connectivity index (χ2n) is 3.92. The van der Waals surface area contributed by atoms with Crippen LogP contribution in [-0.2, 0) is 6.54 Å². The SMILES string of the molecule is Cc1cc(CNc2ccc(Br)cc2Cl)c(C)s1. The van der Waals surface area contributed by atoms with Crippen LogP contribution < -0.4 is 5.32 Å². The molecule has 1 N–H and O–H groups in total. The lowest BCUT2D eigenvalue weighted by atomic mass is 10.2. The number of anilines is 1. The van der Waals surface area contributed by atoms with Gasteiger partial charge in [-0.05, 0) is 43.7 Å². The van der Waals surface area contributed by atoms with Crippen molar-refractivity contribution in [2.24, 2.45) is 0 Å². The van der Waals surface area contributed by atoms with Crippen LogP contribution in [0, 0.1) is 13.8 Å². The van der Waals surface area contributed by atoms with Crippen molar-refractivity contribution in [3.63, 3.8) is 0 Å². The summed E-state index contributed by atoms with van der Waals surface area (Å²) in [5, 5.41) is 4.10. The molecule has 0 fully saturated rings. The van der Waals surface area contributed by atoms with Crippen LogP contribution in [-0.4, -0.2) is 0 Å². The molecule has 0 aliphatic heterocycles. The van der Waals surface area contributed by atoms with Gasteiger partial charge < -0.3 is 5.32 Å². The average Bonchev–Trinajstić information content (AvgIpc) is 2.56. The van der Waals surface area contributed by atoms with Crippen LogP contribution in [0.2, 0.25) is 5.02 Å². The van der Waals surface area contributed by atoms with E-state index in [1.165, 1.54) is 15.3 Å². The van der Waals surface area contributed by atoms with Gasteiger partial charge in [0.1, 0.15) is 0 Å². The number of rotatable bonds is 3. The number of hydrogen-bond donors (Lipinski definition) is 1. The Hall–Kier alpha value is -0.510. The standard InChI is InChI=1S/C13H13BrClNS/c1-8-5-10(9(2)17-8)7-16-13-4-3-11(14)6-12(13)15/h3-6,16H,7H2,1-2H3. The molecule has 1 heterocycles. The average molecular weight is 331 g/mol. The molecule has 0 spiro atoms. The highest BCUT2D eigenvalue weighted by molar-refractivity contribution is 9.10. The molecule has 1 nitrogen and oxygen atoms in total. The summed E-state index contributed by atoms with van der Waals surface area (Å²) in [6.07, 6.45) is 0. The molecule has 2 rings (SSSR count). The summed E-state index contributed by atoms with van der Waals surface area (Å²) >= 11 is 11.4. The molecule has 4 heteroatoms. The predicted octanol–water partition coefficient (Wildman–Crippen LogP) is 5.39. The Morgan fingerprint density at radius 3 is 2.65 bits per heavy atom. The molecule has 0 aliphatic rings. The Morgan fingerprint density at radius 2 is 2.06 bits per heavy atom. The third-order valence-corrected chi connectivity index (χ3v) is 4.36. The van der Waals surface area contributed by atoms with Crippen LogP contribution >= 0.6 is 38.9 Å². The smallest absolute Gasteiger partial charge is 0.0648 e. The van der Waals surface area contributed by atoms with Gasteiger partial charge in [-0.2, -0.15) is 0 Å². The van der Waals surface area contributed by atoms with Crippen molar-refractivity contribution in [1.82, 2.24) is 0 Å². The highest BCUT2D eigenvalue weighted by atomic mass is 79.9. The molecule has 1 aromatic heterocycles. The molecule has 17 heavy (non-hydrogen) atoms. The Morgan fingerprint density at radius 1 is 1.29 bits per heavy atom. The maximum absolute atomic E-state index is 6.15. The van der Waals surface area contributed by atoms with Gasteiger partial charge >= 0.3 is 0 Å². The summed E-state index contributed by atoms with van der Waals surface area (Å²) in [5.74, 6) is 0. The maximum Gasteiger partial charge on any atom is 0.0648 e. The molecule has 1 aromatic carbocycles. The first-order valence-electron chi connectivity index (χ1n) is 5.31. The van der Waals surface area contributed by atoms with Crippen LogP contribution in [0.5, 0.6) is 0 Å². The van der Waals surface area contributed by atoms with Crippen molar-refractivity contribution in [3.05, 3.63) is 49.1 Å². The van der Waals surface area contributed by atoms with E-state index in [1.807, 2.05) is 29.5 Å². The van der Waals surface area contributed by atoms with E-state index >= 15 is 0 Å². The van der Waals surface area contributed by atoms with Gasteiger partial charge in [0.15, 0.2) is 0 Å². The fraction of sp³-hybridized carbons (Fsp3) is 0.231. The molecular weight excluding hydrogens is 318 g/mol. The minimum Gasteiger partial charge on any atom is -0.380 e. The normalized spacial score (nSPS) is 10.6. The van der Waals surface area contributed by atoms with E-state index < -0.39 is 0 Å². The van der Waals surface area contributed by atoms with Gasteiger partial charge in [0.2, 0.25) is 0 Å². The van der Waals surface area contributed by atoms with Crippen molar-refractivity contribution < 1.29 is 0 Å². The number of aryl methyl sites for hydroxylation is 2. The second-order valence-corrected chi connectivity index (χ2v) is 6.70. The largest absolute Gasteiger partial charge is 0.380 e. The molecule has 0 saturated heterocycles. The summed E-state index contributed by atoms with van der Waals surface area (Å²) in [6.45, 7) is 5.10. The lowest BCUT2D eigenvalue weighted by molar-refractivity contribution is 1.14. The fourth-order valence-corrected chi connectivity index (χ4v) is 3.37. The first kappa shape index (κ1) is 12.9. The van der Waals surface area contributed by atoms with Crippen molar-refractivity contribution in [2.45, 2.75) is 20.4 Å². The van der Waals surface area contributed by atoms with Crippen LogP contribution in [0.25, 0.3) is 0 Å². The zero-order valence-corrected chi connectivity index (χ0v) is 12.8. The van der Waals surface area contributed by atoms with E-state index in [4.69, 9.17) is 11.6 Å². The molecule has 0 bridgehead atoms. The highest BCUT2D eigenvalue weighted by Gasteiger charge is 2.04. The number of benzene rings is 1. The quantitative estimate of drug-likeness (QED) is 0.795. The molecule has 90 valence electrons. The van der Waals surface area contributed by atoms with Crippen molar-refractivity contribution in [1.29, 1.82) is 0 Å². The van der Waals surface area contributed by atoms with Crippen molar-refractivity contribution in [2.75, 3.05) is 5.32 Å². The molecule has 0 atom stereocenters. The number of nitrogens with one attached hydrogen (secondary N) is 1. The van der Waals surface area contributed by atoms with Gasteiger partial charge in [-0.15, -0.1) is 11.3 Å². The summed E-state index contributed by atoms with van der Waals surface area (Å²) in [5.41, 5.74) is 2.31. The van der Waals surface area contributed by atoms with E-state index in [0.29, 0.717) is 0 Å². The molecular formula is C13H13BrClNS. The monoisotopic (exact) mass is 329 g/mol. The Labute approximate surface area is 119 Å². The van der Waals surface area contributed by atoms with Crippen LogP contribution in [0.4, 0.5) is 5.69 Å².